The van der Waals surface area contributed by atoms with E-state index in [2.05, 4.69) is 4.90 Å². The number of hydrogen-bond acceptors (Lipinski definition) is 4. The molecule has 0 spiro atoms. The summed E-state index contributed by atoms with van der Waals surface area (Å²) in [4.78, 5) is 17.4. The Labute approximate surface area is 232 Å². The Morgan fingerprint density at radius 2 is 1.76 bits per heavy atom. The highest BCUT2D eigenvalue weighted by atomic mass is 35.5. The lowest BCUT2D eigenvalue weighted by atomic mass is 9.77. The van der Waals surface area contributed by atoms with Crippen LogP contribution < -0.4 is 0 Å². The van der Waals surface area contributed by atoms with Crippen molar-refractivity contribution in [1.82, 2.24) is 14.1 Å². The van der Waals surface area contributed by atoms with Gasteiger partial charge in [-0.25, -0.2) is 8.42 Å². The predicted octanol–water partition coefficient (Wildman–Crippen LogP) is 5.28. The van der Waals surface area contributed by atoms with Gasteiger partial charge in [-0.3, -0.25) is 4.79 Å². The number of rotatable bonds is 8. The number of likely N-dealkylation sites (N-methyl/N-ethyl adjacent to an activating group) is 1. The summed E-state index contributed by atoms with van der Waals surface area (Å²) >= 11 is 12.4. The number of carbonyl (C=O) groups is 1. The first-order valence-corrected chi connectivity index (χ1v) is 14.7. The molecule has 2 atom stereocenters. The summed E-state index contributed by atoms with van der Waals surface area (Å²) in [6, 6.07) is 9.69. The SMILES string of the molecule is CC1CN(CCC(C)(C(=O)N(C)Cc2cccc(C(F)(F)F)c2)c2ccc(Cl)c(Cl)c2)CCN1S(C)(=O)=O. The van der Waals surface area contributed by atoms with E-state index in [1.165, 1.54) is 21.5 Å². The van der Waals surface area contributed by atoms with Crippen LogP contribution in [0.4, 0.5) is 13.2 Å². The molecule has 0 aliphatic carbocycles. The molecular formula is C26H32Cl2F3N3O3S. The Kier molecular flexibility index (Phi) is 9.46. The van der Waals surface area contributed by atoms with Crippen molar-refractivity contribution in [3.05, 3.63) is 69.2 Å². The van der Waals surface area contributed by atoms with Crippen LogP contribution in [0.1, 0.15) is 37.0 Å². The quantitative estimate of drug-likeness (QED) is 0.417. The predicted molar refractivity (Wildman–Crippen MR) is 144 cm³/mol. The Bertz CT molecular complexity index is 1280. The van der Waals surface area contributed by atoms with Crippen molar-refractivity contribution in [3.8, 4) is 0 Å². The zero-order valence-corrected chi connectivity index (χ0v) is 24.1. The molecule has 12 heteroatoms. The van der Waals surface area contributed by atoms with Gasteiger partial charge in [0.15, 0.2) is 0 Å². The van der Waals surface area contributed by atoms with Gasteiger partial charge in [0.1, 0.15) is 0 Å². The molecule has 38 heavy (non-hydrogen) atoms. The highest BCUT2D eigenvalue weighted by molar-refractivity contribution is 7.88. The maximum absolute atomic E-state index is 13.9. The Hall–Kier alpha value is -1.85. The first kappa shape index (κ1) is 30.7. The average Bonchev–Trinajstić information content (AvgIpc) is 2.82. The van der Waals surface area contributed by atoms with E-state index in [0.29, 0.717) is 53.8 Å². The lowest BCUT2D eigenvalue weighted by Gasteiger charge is -2.40. The molecule has 1 heterocycles. The van der Waals surface area contributed by atoms with E-state index in [-0.39, 0.29) is 18.5 Å². The summed E-state index contributed by atoms with van der Waals surface area (Å²) in [5.74, 6) is -0.281. The molecule has 6 nitrogen and oxygen atoms in total. The lowest BCUT2D eigenvalue weighted by Crippen LogP contribution is -2.54. The number of alkyl halides is 3. The first-order valence-electron chi connectivity index (χ1n) is 12.1. The number of halogens is 5. The van der Waals surface area contributed by atoms with Gasteiger partial charge in [-0.15, -0.1) is 0 Å². The molecule has 0 bridgehead atoms. The molecule has 0 N–H and O–H groups in total. The summed E-state index contributed by atoms with van der Waals surface area (Å²) in [7, 11) is -1.75. The van der Waals surface area contributed by atoms with E-state index in [4.69, 9.17) is 23.2 Å². The minimum Gasteiger partial charge on any atom is -0.341 e. The summed E-state index contributed by atoms with van der Waals surface area (Å²) in [6.07, 6.45) is -2.91. The number of carbonyl (C=O) groups excluding carboxylic acids is 1. The van der Waals surface area contributed by atoms with Crippen molar-refractivity contribution >= 4 is 39.1 Å². The smallest absolute Gasteiger partial charge is 0.341 e. The van der Waals surface area contributed by atoms with Gasteiger partial charge in [0, 0.05) is 39.3 Å². The fourth-order valence-electron chi connectivity index (χ4n) is 4.92. The second-order valence-corrected chi connectivity index (χ2v) is 12.8. The fraction of sp³-hybridized carbons (Fsp3) is 0.500. The van der Waals surface area contributed by atoms with Gasteiger partial charge in [-0.2, -0.15) is 17.5 Å². The number of nitrogens with zero attached hydrogens (tertiary/aromatic N) is 3. The molecule has 210 valence electrons. The zero-order chi connectivity index (χ0) is 28.5. The average molecular weight is 595 g/mol. The summed E-state index contributed by atoms with van der Waals surface area (Å²) in [5, 5.41) is 0.632. The number of hydrogen-bond donors (Lipinski definition) is 0. The molecule has 1 amide bonds. The normalized spacial score (nSPS) is 19.2. The fourth-order valence-corrected chi connectivity index (χ4v) is 6.35. The van der Waals surface area contributed by atoms with Crippen LogP contribution in [0.25, 0.3) is 0 Å². The molecule has 1 aliphatic heterocycles. The van der Waals surface area contributed by atoms with E-state index in [0.717, 1.165) is 12.1 Å². The van der Waals surface area contributed by atoms with Crippen molar-refractivity contribution in [1.29, 1.82) is 0 Å². The number of benzene rings is 2. The van der Waals surface area contributed by atoms with Gasteiger partial charge >= 0.3 is 6.18 Å². The van der Waals surface area contributed by atoms with E-state index in [1.54, 1.807) is 38.2 Å². The van der Waals surface area contributed by atoms with Crippen molar-refractivity contribution in [2.45, 2.75) is 44.4 Å². The molecule has 0 radical (unpaired) electrons. The molecule has 2 aromatic carbocycles. The van der Waals surface area contributed by atoms with Crippen molar-refractivity contribution in [3.63, 3.8) is 0 Å². The topological polar surface area (TPSA) is 60.9 Å². The molecule has 1 saturated heterocycles. The maximum atomic E-state index is 13.9. The molecule has 0 saturated carbocycles. The third-order valence-corrected chi connectivity index (χ3v) is 9.19. The zero-order valence-electron chi connectivity index (χ0n) is 21.7. The minimum absolute atomic E-state index is 0.0102. The highest BCUT2D eigenvalue weighted by Crippen LogP contribution is 2.35. The molecule has 0 aromatic heterocycles. The molecule has 3 rings (SSSR count). The Morgan fingerprint density at radius 3 is 2.34 bits per heavy atom. The minimum atomic E-state index is -4.48. The van der Waals surface area contributed by atoms with E-state index >= 15 is 0 Å². The first-order chi connectivity index (χ1) is 17.5. The van der Waals surface area contributed by atoms with Crippen molar-refractivity contribution in [2.24, 2.45) is 0 Å². The highest BCUT2D eigenvalue weighted by Gasteiger charge is 2.39. The van der Waals surface area contributed by atoms with Gasteiger partial charge < -0.3 is 9.80 Å². The van der Waals surface area contributed by atoms with Gasteiger partial charge in [0.05, 0.1) is 27.3 Å². The van der Waals surface area contributed by atoms with Gasteiger partial charge in [-0.1, -0.05) is 41.4 Å². The third-order valence-electron chi connectivity index (χ3n) is 7.05. The monoisotopic (exact) mass is 593 g/mol. The van der Waals surface area contributed by atoms with E-state index < -0.39 is 27.2 Å². The van der Waals surface area contributed by atoms with Gasteiger partial charge in [0.2, 0.25) is 15.9 Å². The third kappa shape index (κ3) is 7.21. The van der Waals surface area contributed by atoms with Gasteiger partial charge in [0.25, 0.3) is 0 Å². The molecule has 1 aliphatic rings. The van der Waals surface area contributed by atoms with Crippen LogP contribution >= 0.6 is 23.2 Å². The largest absolute Gasteiger partial charge is 0.416 e. The van der Waals surface area contributed by atoms with Crippen molar-refractivity contribution in [2.75, 3.05) is 39.5 Å². The number of amides is 1. The lowest BCUT2D eigenvalue weighted by molar-refractivity contribution is -0.137. The molecule has 1 fully saturated rings. The molecule has 2 aromatic rings. The van der Waals surface area contributed by atoms with Crippen molar-refractivity contribution < 1.29 is 26.4 Å². The van der Waals surface area contributed by atoms with E-state index in [1.807, 2.05) is 6.92 Å². The number of sulfonamides is 1. The van der Waals surface area contributed by atoms with Crippen LogP contribution in [0.15, 0.2) is 42.5 Å². The molecule has 2 unspecified atom stereocenters. The van der Waals surface area contributed by atoms with Crippen LogP contribution in [0.2, 0.25) is 10.0 Å². The second-order valence-electron chi connectivity index (χ2n) is 10.1. The van der Waals surface area contributed by atoms with Crippen LogP contribution in [0.3, 0.4) is 0 Å². The second kappa shape index (κ2) is 11.7. The standard InChI is InChI=1S/C26H32Cl2F3N3O3S/c1-18-16-33(12-13-34(18)38(4,36)37)11-10-25(2,20-8-9-22(27)23(28)15-20)24(35)32(3)17-19-6-5-7-21(14-19)26(29,30)31/h5-9,14-15,18H,10-13,16-17H2,1-4H3. The van der Waals surface area contributed by atoms with Crippen LogP contribution in [0.5, 0.6) is 0 Å². The number of piperazine rings is 1. The van der Waals surface area contributed by atoms with Crippen LogP contribution in [-0.4, -0.2) is 74.0 Å². The van der Waals surface area contributed by atoms with E-state index in [9.17, 15) is 26.4 Å². The van der Waals surface area contributed by atoms with Crippen LogP contribution in [0, 0.1) is 0 Å². The Morgan fingerprint density at radius 1 is 1.08 bits per heavy atom. The summed E-state index contributed by atoms with van der Waals surface area (Å²) < 4.78 is 65.1. The molecular weight excluding hydrogens is 562 g/mol. The Balaban J connectivity index is 1.84. The maximum Gasteiger partial charge on any atom is 0.416 e. The summed E-state index contributed by atoms with van der Waals surface area (Å²) in [6.45, 7) is 5.51. The van der Waals surface area contributed by atoms with Gasteiger partial charge in [-0.05, 0) is 62.2 Å². The summed E-state index contributed by atoms with van der Waals surface area (Å²) in [5.41, 5.74) is -0.846. The van der Waals surface area contributed by atoms with Crippen LogP contribution in [-0.2, 0) is 33.0 Å².